The summed E-state index contributed by atoms with van der Waals surface area (Å²) in [5.74, 6) is -1.23. The van der Waals surface area contributed by atoms with E-state index in [0.717, 1.165) is 0 Å². The third kappa shape index (κ3) is 4.86. The summed E-state index contributed by atoms with van der Waals surface area (Å²) in [7, 11) is 0. The molecule has 10 nitrogen and oxygen atoms in total. The molecular weight excluding hydrogens is 412 g/mol. The molecule has 0 amide bonds. The van der Waals surface area contributed by atoms with Crippen molar-refractivity contribution in [3.8, 4) is 0 Å². The van der Waals surface area contributed by atoms with Crippen molar-refractivity contribution in [2.45, 2.75) is 81.6 Å². The topological polar surface area (TPSA) is 166 Å². The Morgan fingerprint density at radius 3 is 2.55 bits per heavy atom. The van der Waals surface area contributed by atoms with Gasteiger partial charge in [0.15, 0.2) is 11.9 Å². The predicted molar refractivity (Wildman–Crippen MR) is 105 cm³/mol. The van der Waals surface area contributed by atoms with Gasteiger partial charge in [-0.3, -0.25) is 0 Å². The largest absolute Gasteiger partial charge is 0.456 e. The second kappa shape index (κ2) is 9.63. The zero-order valence-corrected chi connectivity index (χ0v) is 17.6. The molecule has 6 N–H and O–H groups in total. The number of aliphatic hydroxyl groups is 6. The molecule has 176 valence electrons. The molecule has 2 aliphatic heterocycles. The van der Waals surface area contributed by atoms with Crippen molar-refractivity contribution >= 4 is 5.97 Å². The zero-order chi connectivity index (χ0) is 22.9. The van der Waals surface area contributed by atoms with E-state index in [1.54, 1.807) is 19.1 Å². The molecule has 0 spiro atoms. The normalized spacial score (nSPS) is 47.5. The van der Waals surface area contributed by atoms with Gasteiger partial charge >= 0.3 is 5.97 Å². The maximum absolute atomic E-state index is 12.2. The van der Waals surface area contributed by atoms with Crippen molar-refractivity contribution in [3.63, 3.8) is 0 Å². The minimum atomic E-state index is -1.66. The highest BCUT2D eigenvalue weighted by atomic mass is 16.7. The lowest BCUT2D eigenvalue weighted by molar-refractivity contribution is -0.308. The summed E-state index contributed by atoms with van der Waals surface area (Å²) in [5, 5.41) is 60.0. The third-order valence-electron chi connectivity index (χ3n) is 6.46. The Bertz CT molecular complexity index is 715. The molecule has 9 atom stereocenters. The maximum atomic E-state index is 12.2. The monoisotopic (exact) mass is 444 g/mol. The molecule has 1 aliphatic carbocycles. The van der Waals surface area contributed by atoms with Gasteiger partial charge in [-0.2, -0.15) is 0 Å². The molecule has 0 aromatic carbocycles. The van der Waals surface area contributed by atoms with E-state index in [4.69, 9.17) is 14.2 Å². The molecule has 2 fully saturated rings. The summed E-state index contributed by atoms with van der Waals surface area (Å²) in [5.41, 5.74) is -0.326. The van der Waals surface area contributed by atoms with E-state index in [1.165, 1.54) is 6.92 Å². The minimum Gasteiger partial charge on any atom is -0.456 e. The Kier molecular flexibility index (Phi) is 7.54. The van der Waals surface area contributed by atoms with E-state index < -0.39 is 67.0 Å². The fourth-order valence-electron chi connectivity index (χ4n) is 4.31. The van der Waals surface area contributed by atoms with Crippen LogP contribution in [-0.4, -0.2) is 98.3 Å². The summed E-state index contributed by atoms with van der Waals surface area (Å²) in [6.45, 7) is 2.37. The average Bonchev–Trinajstić information content (AvgIpc) is 2.94. The molecule has 2 saturated heterocycles. The molecule has 3 rings (SSSR count). The Labute approximate surface area is 180 Å². The van der Waals surface area contributed by atoms with Gasteiger partial charge in [0.2, 0.25) is 0 Å². The van der Waals surface area contributed by atoms with E-state index in [9.17, 15) is 35.4 Å². The van der Waals surface area contributed by atoms with Crippen LogP contribution in [0, 0.1) is 5.92 Å². The first-order valence-electron chi connectivity index (χ1n) is 10.5. The number of ether oxygens (including phenoxy) is 3. The van der Waals surface area contributed by atoms with Crippen LogP contribution in [0.4, 0.5) is 0 Å². The van der Waals surface area contributed by atoms with Gasteiger partial charge in [0, 0.05) is 5.92 Å². The predicted octanol–water partition coefficient (Wildman–Crippen LogP) is -1.49. The molecule has 0 radical (unpaired) electrons. The molecule has 3 aliphatic rings. The number of hydrogen-bond donors (Lipinski definition) is 6. The van der Waals surface area contributed by atoms with E-state index in [0.29, 0.717) is 30.4 Å². The summed E-state index contributed by atoms with van der Waals surface area (Å²) in [6.07, 6.45) is -3.77. The van der Waals surface area contributed by atoms with Gasteiger partial charge in [0.05, 0.1) is 19.3 Å². The minimum absolute atomic E-state index is 0.205. The van der Waals surface area contributed by atoms with Gasteiger partial charge in [-0.15, -0.1) is 0 Å². The van der Waals surface area contributed by atoms with Crippen molar-refractivity contribution in [1.29, 1.82) is 0 Å². The number of rotatable bonds is 4. The summed E-state index contributed by atoms with van der Waals surface area (Å²) >= 11 is 0. The van der Waals surface area contributed by atoms with Crippen LogP contribution in [0.25, 0.3) is 0 Å². The first-order chi connectivity index (χ1) is 14.6. The van der Waals surface area contributed by atoms with Gasteiger partial charge in [-0.25, -0.2) is 4.79 Å². The van der Waals surface area contributed by atoms with Gasteiger partial charge < -0.3 is 44.8 Å². The molecular formula is C21H32O10. The van der Waals surface area contributed by atoms with Crippen molar-refractivity contribution in [2.24, 2.45) is 5.92 Å². The van der Waals surface area contributed by atoms with Crippen LogP contribution in [0.15, 0.2) is 23.3 Å². The number of carbonyl (C=O) groups excluding carboxylic acids is 1. The lowest BCUT2D eigenvalue weighted by Gasteiger charge is -2.41. The highest BCUT2D eigenvalue weighted by molar-refractivity contribution is 5.82. The van der Waals surface area contributed by atoms with Crippen LogP contribution in [0.3, 0.4) is 0 Å². The standard InChI is InChI=1S/C21H32O10/c1-10-7-14-12(21(2,28)20(27)31-14)5-3-11(8-22)4-6-13(10)29-19-18(26)17(25)16(24)15(9-23)30-19/h4,7,12-19,22-26,28H,3,5-6,8-9H2,1-2H3/b10-7-,11-4+/t12-,13?,14-,15-,16-,17+,18-,19-,21-/m1/s1. The molecule has 10 heteroatoms. The molecule has 31 heavy (non-hydrogen) atoms. The quantitative estimate of drug-likeness (QED) is 0.222. The third-order valence-corrected chi connectivity index (χ3v) is 6.46. The fraction of sp³-hybridized carbons (Fsp3) is 0.762. The average molecular weight is 444 g/mol. The number of hydrogen-bond acceptors (Lipinski definition) is 10. The number of carbonyl (C=O) groups is 1. The molecule has 0 aromatic rings. The van der Waals surface area contributed by atoms with Crippen molar-refractivity contribution < 1.29 is 49.6 Å². The van der Waals surface area contributed by atoms with Crippen LogP contribution in [0.1, 0.15) is 33.1 Å². The van der Waals surface area contributed by atoms with Crippen LogP contribution >= 0.6 is 0 Å². The highest BCUT2D eigenvalue weighted by Gasteiger charge is 2.52. The Hall–Kier alpha value is -1.37. The van der Waals surface area contributed by atoms with Gasteiger partial charge in [0.25, 0.3) is 0 Å². The lowest BCUT2D eigenvalue weighted by Crippen LogP contribution is -2.59. The van der Waals surface area contributed by atoms with E-state index >= 15 is 0 Å². The van der Waals surface area contributed by atoms with Gasteiger partial charge in [0.1, 0.15) is 30.5 Å². The summed E-state index contributed by atoms with van der Waals surface area (Å²) < 4.78 is 16.7. The fourth-order valence-corrected chi connectivity index (χ4v) is 4.31. The Morgan fingerprint density at radius 2 is 1.90 bits per heavy atom. The second-order valence-corrected chi connectivity index (χ2v) is 8.65. The van der Waals surface area contributed by atoms with Crippen LogP contribution in [-0.2, 0) is 19.0 Å². The van der Waals surface area contributed by atoms with Gasteiger partial charge in [-0.1, -0.05) is 6.08 Å². The number of aliphatic hydroxyl groups excluding tert-OH is 5. The maximum Gasteiger partial charge on any atom is 0.338 e. The molecule has 2 heterocycles. The molecule has 0 aromatic heterocycles. The molecule has 0 saturated carbocycles. The number of esters is 1. The van der Waals surface area contributed by atoms with E-state index in [2.05, 4.69) is 0 Å². The smallest absolute Gasteiger partial charge is 0.338 e. The van der Waals surface area contributed by atoms with Crippen LogP contribution in [0.5, 0.6) is 0 Å². The lowest BCUT2D eigenvalue weighted by atomic mass is 9.81. The highest BCUT2D eigenvalue weighted by Crippen LogP contribution is 2.38. The SMILES string of the molecule is C/C1=C/[C@H]2OC(=O)[C@](C)(O)[C@@H]2CC/C(CO)=C\CC1O[C@@H]1O[C@H](CO)[C@@H](O)[C@H](O)[C@H]1O. The van der Waals surface area contributed by atoms with E-state index in [1.807, 2.05) is 0 Å². The van der Waals surface area contributed by atoms with E-state index in [-0.39, 0.29) is 6.61 Å². The first-order valence-corrected chi connectivity index (χ1v) is 10.5. The van der Waals surface area contributed by atoms with Crippen molar-refractivity contribution in [3.05, 3.63) is 23.3 Å². The summed E-state index contributed by atoms with van der Waals surface area (Å²) in [4.78, 5) is 12.2. The molecule has 1 unspecified atom stereocenters. The molecule has 0 bridgehead atoms. The van der Waals surface area contributed by atoms with Crippen LogP contribution < -0.4 is 0 Å². The zero-order valence-electron chi connectivity index (χ0n) is 17.6. The summed E-state index contributed by atoms with van der Waals surface area (Å²) in [6, 6.07) is 0. The Balaban J connectivity index is 1.87. The van der Waals surface area contributed by atoms with Crippen molar-refractivity contribution in [2.75, 3.05) is 13.2 Å². The number of fused-ring (bicyclic) bond motifs is 1. The first kappa shape index (κ1) is 24.3. The van der Waals surface area contributed by atoms with Gasteiger partial charge in [-0.05, 0) is 50.3 Å². The van der Waals surface area contributed by atoms with Crippen LogP contribution in [0.2, 0.25) is 0 Å². The second-order valence-electron chi connectivity index (χ2n) is 8.65. The Morgan fingerprint density at radius 1 is 1.19 bits per heavy atom. The van der Waals surface area contributed by atoms with Crippen molar-refractivity contribution in [1.82, 2.24) is 0 Å².